The van der Waals surface area contributed by atoms with E-state index in [-0.39, 0.29) is 95.5 Å². The Morgan fingerprint density at radius 2 is 0.667 bits per heavy atom. The standard InChI is InChI=1S/C57H65NO2.2CH3.Hf/c1-36-20-42(48(59)44(22-36)56-30-50(3)24-51(4,31-56)26-52(5,25-50)32-56)38-14-9-11-16-40(38)46-18-13-19-47(58-46)41-17-12-10-15-39(41)43-21-37(2)23-45(49(43)60)57-33-53(6)27-54(7,34-57)29-55(8,28-53)35-57;;;/h9-23,59-60H,24-35H2,1-8H3;2*1H3;/q;2*-1;+4/p-2. The van der Waals surface area contributed by atoms with Gasteiger partial charge in [-0.25, -0.2) is 4.98 Å². The number of rotatable bonds is 6. The van der Waals surface area contributed by atoms with Crippen molar-refractivity contribution in [3.8, 4) is 56.3 Å². The summed E-state index contributed by atoms with van der Waals surface area (Å²) in [5.41, 5.74) is 13.0. The second-order valence-electron chi connectivity index (χ2n) is 24.4. The van der Waals surface area contributed by atoms with Crippen LogP contribution in [-0.2, 0) is 36.7 Å². The SMILES string of the molecule is Cc1cc(-c2ccccc2-c2cccc(-c3ccccc3-c3cc(C)cc(C45CC6(C)CC(C)(CC(C)(C6)C4)C5)c3[O-])n2)c([O-])c(C23CC4(C)CC(C)(CC(C)(C4)C2)C3)c1.[CH3-].[CH3-].[Hf+4]. The van der Waals surface area contributed by atoms with Gasteiger partial charge in [-0.2, -0.15) is 0 Å². The van der Waals surface area contributed by atoms with E-state index in [1.54, 1.807) is 0 Å². The molecule has 1 heterocycles. The smallest absolute Gasteiger partial charge is 0.872 e. The second kappa shape index (κ2) is 14.8. The summed E-state index contributed by atoms with van der Waals surface area (Å²) in [6, 6.07) is 31.7. The van der Waals surface area contributed by atoms with E-state index in [0.717, 1.165) is 106 Å². The number of aromatic nitrogens is 1. The molecule has 0 unspecified atom stereocenters. The third-order valence-corrected chi connectivity index (χ3v) is 17.1. The van der Waals surface area contributed by atoms with E-state index in [2.05, 4.69) is 146 Å². The van der Waals surface area contributed by atoms with Crippen LogP contribution in [0.2, 0.25) is 0 Å². The summed E-state index contributed by atoms with van der Waals surface area (Å²) in [6.45, 7) is 19.4. The predicted octanol–water partition coefficient (Wildman–Crippen LogP) is 14.7. The zero-order valence-electron chi connectivity index (χ0n) is 39.9. The zero-order chi connectivity index (χ0) is 41.9. The van der Waals surface area contributed by atoms with Crippen LogP contribution in [0.1, 0.15) is 141 Å². The van der Waals surface area contributed by atoms with Gasteiger partial charge in [-0.15, -0.1) is 0 Å². The molecule has 0 amide bonds. The van der Waals surface area contributed by atoms with E-state index in [1.165, 1.54) is 38.5 Å². The van der Waals surface area contributed by atoms with E-state index in [1.807, 2.05) is 0 Å². The van der Waals surface area contributed by atoms with Crippen LogP contribution >= 0.6 is 0 Å². The van der Waals surface area contributed by atoms with Crippen molar-refractivity contribution in [3.63, 3.8) is 0 Å². The maximum atomic E-state index is 15.1. The summed E-state index contributed by atoms with van der Waals surface area (Å²) in [7, 11) is 0. The Labute approximate surface area is 398 Å². The molecule has 8 bridgehead atoms. The summed E-state index contributed by atoms with van der Waals surface area (Å²) in [5.74, 6) is 0.392. The number of nitrogens with zero attached hydrogens (tertiary/aromatic N) is 1. The number of benzene rings is 4. The van der Waals surface area contributed by atoms with Gasteiger partial charge in [-0.05, 0) is 180 Å². The van der Waals surface area contributed by atoms with Crippen LogP contribution in [0, 0.1) is 61.2 Å². The Morgan fingerprint density at radius 3 is 0.968 bits per heavy atom. The van der Waals surface area contributed by atoms with Gasteiger partial charge in [-0.1, -0.05) is 143 Å². The van der Waals surface area contributed by atoms with Crippen LogP contribution in [0.15, 0.2) is 91.0 Å². The molecule has 5 aromatic rings. The molecule has 0 saturated heterocycles. The van der Waals surface area contributed by atoms with Gasteiger partial charge in [0.05, 0.1) is 11.4 Å². The maximum absolute atomic E-state index is 15.1. The van der Waals surface area contributed by atoms with E-state index in [9.17, 15) is 0 Å². The first-order chi connectivity index (χ1) is 28.2. The third-order valence-electron chi connectivity index (χ3n) is 17.1. The van der Waals surface area contributed by atoms with E-state index in [0.29, 0.717) is 0 Å². The first-order valence-electron chi connectivity index (χ1n) is 23.0. The van der Waals surface area contributed by atoms with Gasteiger partial charge in [-0.3, -0.25) is 0 Å². The minimum absolute atomic E-state index is 0. The topological polar surface area (TPSA) is 59.0 Å². The summed E-state index contributed by atoms with van der Waals surface area (Å²) in [4.78, 5) is 5.39. The third kappa shape index (κ3) is 7.25. The summed E-state index contributed by atoms with van der Waals surface area (Å²) in [5, 5.41) is 30.2. The molecule has 13 rings (SSSR count). The van der Waals surface area contributed by atoms with Crippen molar-refractivity contribution in [2.24, 2.45) is 32.5 Å². The van der Waals surface area contributed by atoms with Gasteiger partial charge >= 0.3 is 25.8 Å². The number of hydrogen-bond acceptors (Lipinski definition) is 3. The summed E-state index contributed by atoms with van der Waals surface area (Å²) >= 11 is 0. The molecule has 63 heavy (non-hydrogen) atoms. The Bertz CT molecular complexity index is 2350. The van der Waals surface area contributed by atoms with Gasteiger partial charge in [0.2, 0.25) is 0 Å². The van der Waals surface area contributed by atoms with Crippen molar-refractivity contribution in [2.45, 2.75) is 143 Å². The van der Waals surface area contributed by atoms with Crippen LogP contribution in [0.5, 0.6) is 11.5 Å². The zero-order valence-corrected chi connectivity index (χ0v) is 43.5. The normalized spacial score (nSPS) is 35.4. The minimum atomic E-state index is -0.0820. The van der Waals surface area contributed by atoms with Crippen molar-refractivity contribution in [3.05, 3.63) is 128 Å². The number of hydrogen-bond donors (Lipinski definition) is 0. The monoisotopic (exact) mass is 1000 g/mol. The molecular weight excluding hydrogens is 933 g/mol. The van der Waals surface area contributed by atoms with Gasteiger partial charge < -0.3 is 25.1 Å². The van der Waals surface area contributed by atoms with Crippen LogP contribution in [-0.4, -0.2) is 4.98 Å². The second-order valence-corrected chi connectivity index (χ2v) is 24.4. The minimum Gasteiger partial charge on any atom is -0.872 e. The quantitative estimate of drug-likeness (QED) is 0.126. The van der Waals surface area contributed by atoms with Gasteiger partial charge in [0.25, 0.3) is 0 Å². The predicted molar refractivity (Wildman–Crippen MR) is 255 cm³/mol. The maximum Gasteiger partial charge on any atom is 4.00 e. The van der Waals surface area contributed by atoms with Crippen LogP contribution < -0.4 is 10.2 Å². The molecule has 0 radical (unpaired) electrons. The molecule has 8 saturated carbocycles. The molecule has 4 aromatic carbocycles. The summed E-state index contributed by atoms with van der Waals surface area (Å²) < 4.78 is 0. The molecule has 0 aliphatic heterocycles. The number of pyridine rings is 1. The van der Waals surface area contributed by atoms with Crippen LogP contribution in [0.25, 0.3) is 44.8 Å². The van der Waals surface area contributed by atoms with E-state index in [4.69, 9.17) is 4.98 Å². The molecule has 8 aliphatic carbocycles. The molecule has 0 atom stereocenters. The van der Waals surface area contributed by atoms with Crippen molar-refractivity contribution in [1.29, 1.82) is 0 Å². The first kappa shape index (κ1) is 46.0. The van der Waals surface area contributed by atoms with Gasteiger partial charge in [0.15, 0.2) is 0 Å². The molecular formula is C59H69HfNO2. The van der Waals surface area contributed by atoms with Crippen molar-refractivity contribution < 1.29 is 36.1 Å². The molecule has 3 nitrogen and oxygen atoms in total. The fraction of sp³-hybridized carbons (Fsp3) is 0.475. The van der Waals surface area contributed by atoms with Crippen molar-refractivity contribution in [1.82, 2.24) is 4.98 Å². The Kier molecular flexibility index (Phi) is 10.8. The molecule has 326 valence electrons. The molecule has 0 spiro atoms. The van der Waals surface area contributed by atoms with Crippen molar-refractivity contribution in [2.75, 3.05) is 0 Å². The fourth-order valence-corrected chi connectivity index (χ4v) is 18.5. The Morgan fingerprint density at radius 1 is 0.381 bits per heavy atom. The molecule has 1 aromatic heterocycles. The number of aryl methyl sites for hydroxylation is 2. The average molecular weight is 1000 g/mol. The largest absolute Gasteiger partial charge is 4.00 e. The van der Waals surface area contributed by atoms with Crippen LogP contribution in [0.4, 0.5) is 0 Å². The Hall–Kier alpha value is -3.50. The van der Waals surface area contributed by atoms with Crippen molar-refractivity contribution >= 4 is 0 Å². The molecule has 8 fully saturated rings. The van der Waals surface area contributed by atoms with Gasteiger partial charge in [0, 0.05) is 11.1 Å². The van der Waals surface area contributed by atoms with E-state index < -0.39 is 0 Å². The summed E-state index contributed by atoms with van der Waals surface area (Å²) in [6.07, 6.45) is 14.3. The van der Waals surface area contributed by atoms with Gasteiger partial charge in [0.1, 0.15) is 0 Å². The molecule has 0 N–H and O–H groups in total. The Balaban J connectivity index is 0.00000181. The molecule has 8 aliphatic rings. The fourth-order valence-electron chi connectivity index (χ4n) is 18.5. The first-order valence-corrected chi connectivity index (χ1v) is 23.0. The van der Waals surface area contributed by atoms with Crippen LogP contribution in [0.3, 0.4) is 0 Å². The average Bonchev–Trinajstić information content (AvgIpc) is 3.12. The van der Waals surface area contributed by atoms with E-state index >= 15 is 10.2 Å². The molecule has 4 heteroatoms.